The largest absolute Gasteiger partial charge is 0.480 e. The number of carboxylic acids is 1. The van der Waals surface area contributed by atoms with Crippen LogP contribution >= 0.6 is 0 Å². The molecule has 4 nitrogen and oxygen atoms in total. The van der Waals surface area contributed by atoms with E-state index in [0.29, 0.717) is 13.0 Å². The molecule has 0 aliphatic heterocycles. The second-order valence-corrected chi connectivity index (χ2v) is 4.04. The van der Waals surface area contributed by atoms with Gasteiger partial charge < -0.3 is 9.52 Å². The Morgan fingerprint density at radius 1 is 1.62 bits per heavy atom. The highest BCUT2D eigenvalue weighted by Crippen LogP contribution is 2.12. The fraction of sp³-hybridized carbons (Fsp3) is 0.583. The van der Waals surface area contributed by atoms with E-state index in [0.717, 1.165) is 18.4 Å². The normalized spacial score (nSPS) is 12.9. The van der Waals surface area contributed by atoms with Crippen molar-refractivity contribution in [2.24, 2.45) is 0 Å². The van der Waals surface area contributed by atoms with Crippen LogP contribution in [0.2, 0.25) is 0 Å². The zero-order valence-corrected chi connectivity index (χ0v) is 9.85. The first-order valence-electron chi connectivity index (χ1n) is 5.59. The van der Waals surface area contributed by atoms with Gasteiger partial charge in [0, 0.05) is 12.1 Å². The van der Waals surface area contributed by atoms with Gasteiger partial charge in [0.15, 0.2) is 0 Å². The lowest BCUT2D eigenvalue weighted by Gasteiger charge is -2.23. The van der Waals surface area contributed by atoms with E-state index in [2.05, 4.69) is 6.92 Å². The summed E-state index contributed by atoms with van der Waals surface area (Å²) in [5, 5.41) is 9.13. The number of likely N-dealkylation sites (N-methyl/N-ethyl adjacent to an activating group) is 1. The van der Waals surface area contributed by atoms with Crippen molar-refractivity contribution in [3.8, 4) is 0 Å². The van der Waals surface area contributed by atoms with E-state index in [4.69, 9.17) is 9.52 Å². The first kappa shape index (κ1) is 12.8. The van der Waals surface area contributed by atoms with Gasteiger partial charge in [-0.05, 0) is 19.5 Å². The molecule has 1 rings (SSSR count). The molecule has 90 valence electrons. The lowest BCUT2D eigenvalue weighted by atomic mass is 10.1. The molecule has 0 saturated heterocycles. The highest BCUT2D eigenvalue weighted by molar-refractivity contribution is 5.73. The Labute approximate surface area is 95.9 Å². The van der Waals surface area contributed by atoms with Crippen molar-refractivity contribution < 1.29 is 14.3 Å². The van der Waals surface area contributed by atoms with Gasteiger partial charge in [0.2, 0.25) is 0 Å². The average molecular weight is 225 g/mol. The van der Waals surface area contributed by atoms with Crippen molar-refractivity contribution >= 4 is 5.97 Å². The fourth-order valence-corrected chi connectivity index (χ4v) is 1.71. The van der Waals surface area contributed by atoms with Gasteiger partial charge in [0.1, 0.15) is 6.04 Å². The van der Waals surface area contributed by atoms with Crippen molar-refractivity contribution in [2.75, 3.05) is 7.05 Å². The summed E-state index contributed by atoms with van der Waals surface area (Å²) in [7, 11) is 1.83. The second kappa shape index (κ2) is 6.33. The van der Waals surface area contributed by atoms with Crippen LogP contribution in [0.15, 0.2) is 23.0 Å². The molecule has 1 unspecified atom stereocenters. The van der Waals surface area contributed by atoms with Crippen LogP contribution in [-0.2, 0) is 11.3 Å². The number of nitrogens with zero attached hydrogens (tertiary/aromatic N) is 1. The molecule has 0 saturated carbocycles. The van der Waals surface area contributed by atoms with Crippen molar-refractivity contribution in [2.45, 2.75) is 38.8 Å². The summed E-state index contributed by atoms with van der Waals surface area (Å²) in [6.07, 6.45) is 5.90. The van der Waals surface area contributed by atoms with E-state index in [1.165, 1.54) is 0 Å². The Balaban J connectivity index is 2.53. The molecule has 4 heteroatoms. The molecular weight excluding hydrogens is 206 g/mol. The third kappa shape index (κ3) is 3.70. The molecule has 0 spiro atoms. The summed E-state index contributed by atoms with van der Waals surface area (Å²) in [5.74, 6) is -0.751. The predicted molar refractivity (Wildman–Crippen MR) is 61.1 cm³/mol. The Kier molecular flexibility index (Phi) is 5.05. The average Bonchev–Trinajstić information content (AvgIpc) is 2.70. The first-order valence-corrected chi connectivity index (χ1v) is 5.59. The molecule has 16 heavy (non-hydrogen) atoms. The smallest absolute Gasteiger partial charge is 0.320 e. The first-order chi connectivity index (χ1) is 7.65. The monoisotopic (exact) mass is 225 g/mol. The topological polar surface area (TPSA) is 53.7 Å². The SMILES string of the molecule is CCCCC(C(=O)O)N(C)Cc1ccoc1. The number of carbonyl (C=O) groups is 1. The molecule has 1 atom stereocenters. The van der Waals surface area contributed by atoms with Gasteiger partial charge in [-0.25, -0.2) is 0 Å². The Morgan fingerprint density at radius 3 is 2.88 bits per heavy atom. The number of rotatable bonds is 7. The summed E-state index contributed by atoms with van der Waals surface area (Å²) in [6.45, 7) is 2.67. The van der Waals surface area contributed by atoms with Crippen molar-refractivity contribution in [3.63, 3.8) is 0 Å². The quantitative estimate of drug-likeness (QED) is 0.774. The summed E-state index contributed by atoms with van der Waals surface area (Å²) in [4.78, 5) is 13.0. The van der Waals surface area contributed by atoms with E-state index in [-0.39, 0.29) is 0 Å². The minimum atomic E-state index is -0.751. The van der Waals surface area contributed by atoms with Gasteiger partial charge >= 0.3 is 5.97 Å². The van der Waals surface area contributed by atoms with Crippen molar-refractivity contribution in [1.82, 2.24) is 4.90 Å². The molecule has 0 radical (unpaired) electrons. The third-order valence-corrected chi connectivity index (χ3v) is 2.66. The Morgan fingerprint density at radius 2 is 2.38 bits per heavy atom. The molecule has 0 aliphatic carbocycles. The van der Waals surface area contributed by atoms with Gasteiger partial charge in [-0.3, -0.25) is 9.69 Å². The molecular formula is C12H19NO3. The van der Waals surface area contributed by atoms with E-state index < -0.39 is 12.0 Å². The van der Waals surface area contributed by atoms with Crippen LogP contribution in [-0.4, -0.2) is 29.1 Å². The van der Waals surface area contributed by atoms with E-state index >= 15 is 0 Å². The lowest BCUT2D eigenvalue weighted by molar-refractivity contribution is -0.143. The minimum absolute atomic E-state index is 0.408. The van der Waals surface area contributed by atoms with Crippen LogP contribution in [0.25, 0.3) is 0 Å². The molecule has 1 aromatic heterocycles. The van der Waals surface area contributed by atoms with Crippen LogP contribution in [0, 0.1) is 0 Å². The summed E-state index contributed by atoms with van der Waals surface area (Å²) < 4.78 is 4.96. The molecule has 1 aromatic rings. The highest BCUT2D eigenvalue weighted by atomic mass is 16.4. The molecule has 1 N–H and O–H groups in total. The maximum atomic E-state index is 11.1. The lowest BCUT2D eigenvalue weighted by Crippen LogP contribution is -2.37. The van der Waals surface area contributed by atoms with Crippen LogP contribution in [0.3, 0.4) is 0 Å². The number of hydrogen-bond donors (Lipinski definition) is 1. The van der Waals surface area contributed by atoms with Crippen molar-refractivity contribution in [3.05, 3.63) is 24.2 Å². The van der Waals surface area contributed by atoms with Crippen LogP contribution in [0.5, 0.6) is 0 Å². The Bertz CT molecular complexity index is 308. The fourth-order valence-electron chi connectivity index (χ4n) is 1.71. The summed E-state index contributed by atoms with van der Waals surface area (Å²) >= 11 is 0. The van der Waals surface area contributed by atoms with Crippen LogP contribution in [0.1, 0.15) is 31.7 Å². The number of unbranched alkanes of at least 4 members (excludes halogenated alkanes) is 1. The van der Waals surface area contributed by atoms with Crippen LogP contribution < -0.4 is 0 Å². The zero-order chi connectivity index (χ0) is 12.0. The maximum absolute atomic E-state index is 11.1. The molecule has 0 aliphatic rings. The molecule has 1 heterocycles. The van der Waals surface area contributed by atoms with Gasteiger partial charge in [0.05, 0.1) is 12.5 Å². The van der Waals surface area contributed by atoms with E-state index in [1.807, 2.05) is 18.0 Å². The number of aliphatic carboxylic acids is 1. The minimum Gasteiger partial charge on any atom is -0.480 e. The maximum Gasteiger partial charge on any atom is 0.320 e. The van der Waals surface area contributed by atoms with Crippen molar-refractivity contribution in [1.29, 1.82) is 0 Å². The summed E-state index contributed by atoms with van der Waals surface area (Å²) in [6, 6.07) is 1.45. The zero-order valence-electron chi connectivity index (χ0n) is 9.85. The standard InChI is InChI=1S/C12H19NO3/c1-3-4-5-11(12(14)15)13(2)8-10-6-7-16-9-10/h6-7,9,11H,3-5,8H2,1-2H3,(H,14,15). The predicted octanol–water partition coefficient (Wildman–Crippen LogP) is 2.35. The second-order valence-electron chi connectivity index (χ2n) is 4.04. The van der Waals surface area contributed by atoms with Gasteiger partial charge in [-0.15, -0.1) is 0 Å². The van der Waals surface area contributed by atoms with Gasteiger partial charge in [-0.1, -0.05) is 19.8 Å². The number of carboxylic acid groups (broad SMARTS) is 1. The van der Waals surface area contributed by atoms with Gasteiger partial charge in [-0.2, -0.15) is 0 Å². The molecule has 0 aromatic carbocycles. The number of furan rings is 1. The number of hydrogen-bond acceptors (Lipinski definition) is 3. The van der Waals surface area contributed by atoms with Crippen LogP contribution in [0.4, 0.5) is 0 Å². The highest BCUT2D eigenvalue weighted by Gasteiger charge is 2.21. The third-order valence-electron chi connectivity index (χ3n) is 2.66. The van der Waals surface area contributed by atoms with Gasteiger partial charge in [0.25, 0.3) is 0 Å². The Hall–Kier alpha value is -1.29. The summed E-state index contributed by atoms with van der Waals surface area (Å²) in [5.41, 5.74) is 1.00. The molecule has 0 amide bonds. The van der Waals surface area contributed by atoms with E-state index in [9.17, 15) is 4.79 Å². The molecule has 0 fully saturated rings. The van der Waals surface area contributed by atoms with E-state index in [1.54, 1.807) is 12.5 Å². The molecule has 0 bridgehead atoms.